The molecule has 1 aromatic carbocycles. The zero-order valence-corrected chi connectivity index (χ0v) is 20.6. The summed E-state index contributed by atoms with van der Waals surface area (Å²) in [4.78, 5) is 12.7. The number of carbonyl (C=O) groups is 1. The Labute approximate surface area is 190 Å². The number of methoxy groups -OCH3 is 2. The van der Waals surface area contributed by atoms with Gasteiger partial charge >= 0.3 is 7.48 Å². The third-order valence-electron chi connectivity index (χ3n) is 5.81. The van der Waals surface area contributed by atoms with Crippen LogP contribution in [0.4, 0.5) is 0 Å². The van der Waals surface area contributed by atoms with Crippen molar-refractivity contribution in [1.82, 2.24) is 10.5 Å². The van der Waals surface area contributed by atoms with Crippen LogP contribution in [0.3, 0.4) is 0 Å². The summed E-state index contributed by atoms with van der Waals surface area (Å²) in [5, 5.41) is 17.3. The van der Waals surface area contributed by atoms with E-state index in [1.807, 2.05) is 13.0 Å². The van der Waals surface area contributed by atoms with Crippen molar-refractivity contribution < 1.29 is 28.6 Å². The standard InChI is InChI=1S/C23H35BN2O6/c1-10-25-21(27)19-18(24-32-23(6,7)22(4,5)28)20(31-26-19)15-11-14(13(2)3)16(29-8)12-17(15)30-9/h11-13,24,28H,10H2,1-9H3,(H,25,27). The Bertz CT molecular complexity index is 947. The average Bonchev–Trinajstić information content (AvgIpc) is 3.14. The molecule has 9 heteroatoms. The molecule has 0 atom stereocenters. The predicted octanol–water partition coefficient (Wildman–Crippen LogP) is 2.77. The Morgan fingerprint density at radius 2 is 1.81 bits per heavy atom. The number of rotatable bonds is 10. The van der Waals surface area contributed by atoms with Crippen molar-refractivity contribution in [1.29, 1.82) is 0 Å². The first kappa shape index (κ1) is 25.7. The minimum atomic E-state index is -1.11. The zero-order valence-electron chi connectivity index (χ0n) is 20.6. The van der Waals surface area contributed by atoms with Crippen LogP contribution in [0.25, 0.3) is 11.3 Å². The van der Waals surface area contributed by atoms with E-state index in [0.29, 0.717) is 34.8 Å². The molecule has 0 spiro atoms. The molecular formula is C23H35BN2O6. The molecule has 0 aliphatic carbocycles. The van der Waals surface area contributed by atoms with E-state index in [9.17, 15) is 9.90 Å². The van der Waals surface area contributed by atoms with Crippen LogP contribution in [0.1, 0.15) is 70.4 Å². The molecule has 2 rings (SSSR count). The molecule has 0 saturated carbocycles. The second-order valence-electron chi connectivity index (χ2n) is 9.01. The fraction of sp³-hybridized carbons (Fsp3) is 0.565. The summed E-state index contributed by atoms with van der Waals surface area (Å²) < 4.78 is 22.9. The molecule has 2 N–H and O–H groups in total. The molecule has 8 nitrogen and oxygen atoms in total. The molecule has 1 aromatic heterocycles. The van der Waals surface area contributed by atoms with Crippen molar-refractivity contribution in [2.24, 2.45) is 0 Å². The lowest BCUT2D eigenvalue weighted by Gasteiger charge is -2.37. The normalized spacial score (nSPS) is 12.1. The van der Waals surface area contributed by atoms with Crippen molar-refractivity contribution in [3.8, 4) is 22.8 Å². The maximum atomic E-state index is 12.7. The van der Waals surface area contributed by atoms with E-state index < -0.39 is 11.2 Å². The van der Waals surface area contributed by atoms with E-state index in [2.05, 4.69) is 24.3 Å². The van der Waals surface area contributed by atoms with E-state index in [1.54, 1.807) is 48.0 Å². The first-order valence-electron chi connectivity index (χ1n) is 10.8. The molecule has 32 heavy (non-hydrogen) atoms. The molecule has 176 valence electrons. The van der Waals surface area contributed by atoms with Crippen molar-refractivity contribution in [2.75, 3.05) is 20.8 Å². The summed E-state index contributed by atoms with van der Waals surface area (Å²) in [6.07, 6.45) is 0. The summed E-state index contributed by atoms with van der Waals surface area (Å²) >= 11 is 0. The molecule has 0 saturated heterocycles. The number of nitrogens with zero attached hydrogens (tertiary/aromatic N) is 1. The van der Waals surface area contributed by atoms with Gasteiger partial charge in [0.1, 0.15) is 11.5 Å². The van der Waals surface area contributed by atoms with Crippen molar-refractivity contribution >= 4 is 18.9 Å². The number of aromatic nitrogens is 1. The number of amides is 1. The molecule has 0 radical (unpaired) electrons. The summed E-state index contributed by atoms with van der Waals surface area (Å²) in [5.41, 5.74) is 0.206. The fourth-order valence-corrected chi connectivity index (χ4v) is 3.06. The van der Waals surface area contributed by atoms with Gasteiger partial charge in [-0.3, -0.25) is 4.79 Å². The van der Waals surface area contributed by atoms with Gasteiger partial charge in [-0.25, -0.2) is 0 Å². The van der Waals surface area contributed by atoms with Crippen LogP contribution >= 0.6 is 0 Å². The topological polar surface area (TPSA) is 103 Å². The van der Waals surface area contributed by atoms with Gasteiger partial charge in [-0.15, -0.1) is 0 Å². The van der Waals surface area contributed by atoms with Gasteiger partial charge in [0.25, 0.3) is 5.91 Å². The molecule has 0 fully saturated rings. The van der Waals surface area contributed by atoms with Crippen LogP contribution in [0, 0.1) is 0 Å². The highest BCUT2D eigenvalue weighted by molar-refractivity contribution is 6.51. The Kier molecular flexibility index (Phi) is 8.01. The van der Waals surface area contributed by atoms with Crippen molar-refractivity contribution in [2.45, 2.75) is 65.6 Å². The predicted molar refractivity (Wildman–Crippen MR) is 125 cm³/mol. The summed E-state index contributed by atoms with van der Waals surface area (Å²) in [6, 6.07) is 3.72. The lowest BCUT2D eigenvalue weighted by Crippen LogP contribution is -2.49. The monoisotopic (exact) mass is 446 g/mol. The number of hydrogen-bond acceptors (Lipinski definition) is 7. The maximum Gasteiger partial charge on any atom is 0.316 e. The minimum Gasteiger partial charge on any atom is -0.496 e. The van der Waals surface area contributed by atoms with Crippen LogP contribution < -0.4 is 20.3 Å². The zero-order chi connectivity index (χ0) is 24.3. The Morgan fingerprint density at radius 1 is 1.19 bits per heavy atom. The van der Waals surface area contributed by atoms with Crippen LogP contribution in [0.2, 0.25) is 0 Å². The van der Waals surface area contributed by atoms with E-state index in [4.69, 9.17) is 18.7 Å². The molecular weight excluding hydrogens is 411 g/mol. The van der Waals surface area contributed by atoms with Gasteiger partial charge in [0, 0.05) is 18.1 Å². The summed E-state index contributed by atoms with van der Waals surface area (Å²) in [5.74, 6) is 1.41. The smallest absolute Gasteiger partial charge is 0.316 e. The Balaban J connectivity index is 2.66. The molecule has 1 amide bonds. The second-order valence-corrected chi connectivity index (χ2v) is 9.01. The van der Waals surface area contributed by atoms with Gasteiger partial charge in [0.05, 0.1) is 31.0 Å². The number of carbonyl (C=O) groups excluding carboxylic acids is 1. The Morgan fingerprint density at radius 3 is 2.31 bits per heavy atom. The lowest BCUT2D eigenvalue weighted by molar-refractivity contribution is -0.0893. The highest BCUT2D eigenvalue weighted by Gasteiger charge is 2.37. The van der Waals surface area contributed by atoms with Crippen LogP contribution in [0.5, 0.6) is 11.5 Å². The first-order chi connectivity index (χ1) is 14.9. The van der Waals surface area contributed by atoms with Gasteiger partial charge < -0.3 is 29.1 Å². The van der Waals surface area contributed by atoms with E-state index in [1.165, 1.54) is 0 Å². The SMILES string of the molecule is CCNC(=O)c1noc(-c2cc(C(C)C)c(OC)cc2OC)c1BOC(C)(C)C(C)(C)O. The van der Waals surface area contributed by atoms with Gasteiger partial charge in [-0.05, 0) is 52.2 Å². The number of hydrogen-bond donors (Lipinski definition) is 2. The molecule has 0 unspecified atom stereocenters. The van der Waals surface area contributed by atoms with Crippen molar-refractivity contribution in [3.05, 3.63) is 23.4 Å². The number of benzene rings is 1. The number of nitrogens with one attached hydrogen (secondary N) is 1. The fourth-order valence-electron chi connectivity index (χ4n) is 3.06. The minimum absolute atomic E-state index is 0.00842. The molecule has 0 bridgehead atoms. The van der Waals surface area contributed by atoms with Crippen molar-refractivity contribution in [3.63, 3.8) is 0 Å². The van der Waals surface area contributed by atoms with Crippen LogP contribution in [0.15, 0.2) is 16.7 Å². The second kappa shape index (κ2) is 9.96. The number of ether oxygens (including phenoxy) is 2. The third kappa shape index (κ3) is 5.27. The Hall–Kier alpha value is -2.52. The maximum absolute atomic E-state index is 12.7. The highest BCUT2D eigenvalue weighted by Crippen LogP contribution is 2.38. The van der Waals surface area contributed by atoms with Gasteiger partial charge in [-0.2, -0.15) is 0 Å². The lowest BCUT2D eigenvalue weighted by atomic mass is 9.79. The van der Waals surface area contributed by atoms with E-state index >= 15 is 0 Å². The van der Waals surface area contributed by atoms with Gasteiger partial charge in [-0.1, -0.05) is 19.0 Å². The summed E-state index contributed by atoms with van der Waals surface area (Å²) in [7, 11) is 3.18. The molecule has 2 aromatic rings. The van der Waals surface area contributed by atoms with E-state index in [-0.39, 0.29) is 25.0 Å². The first-order valence-corrected chi connectivity index (χ1v) is 10.8. The van der Waals surface area contributed by atoms with Gasteiger partial charge in [0.15, 0.2) is 11.5 Å². The third-order valence-corrected chi connectivity index (χ3v) is 5.81. The molecule has 0 aliphatic heterocycles. The summed E-state index contributed by atoms with van der Waals surface area (Å²) in [6.45, 7) is 13.3. The molecule has 0 aliphatic rings. The van der Waals surface area contributed by atoms with Gasteiger partial charge in [0.2, 0.25) is 0 Å². The highest BCUT2D eigenvalue weighted by atomic mass is 16.5. The number of aliphatic hydroxyl groups is 1. The largest absolute Gasteiger partial charge is 0.496 e. The van der Waals surface area contributed by atoms with Crippen LogP contribution in [-0.2, 0) is 4.65 Å². The quantitative estimate of drug-likeness (QED) is 0.541. The van der Waals surface area contributed by atoms with Crippen LogP contribution in [-0.4, -0.2) is 55.6 Å². The molecule has 1 heterocycles. The average molecular weight is 446 g/mol. The van der Waals surface area contributed by atoms with E-state index in [0.717, 1.165) is 5.56 Å².